The molecule has 0 bridgehead atoms. The molecule has 0 saturated carbocycles. The Kier molecular flexibility index (Phi) is 4.99. The molecule has 2 aromatic rings. The standard InChI is InChI=1S/C21H24N4O2/c1-21(2,3)24-20(27)23-18-19(26)25(4)16-13-9-8-12-15(16)17(22-18)14-10-6-5-7-11-14/h5-13,18H,1-4H3,(H2,23,24,27)/t18-/m0/s1. The fourth-order valence-electron chi connectivity index (χ4n) is 2.94. The lowest BCUT2D eigenvalue weighted by Crippen LogP contribution is -2.53. The van der Waals surface area contributed by atoms with E-state index in [1.807, 2.05) is 75.4 Å². The lowest BCUT2D eigenvalue weighted by atomic mass is 10.0. The van der Waals surface area contributed by atoms with Crippen molar-refractivity contribution in [2.45, 2.75) is 32.5 Å². The summed E-state index contributed by atoms with van der Waals surface area (Å²) in [5, 5.41) is 5.51. The summed E-state index contributed by atoms with van der Waals surface area (Å²) in [5.74, 6) is -0.294. The molecule has 0 fully saturated rings. The van der Waals surface area contributed by atoms with E-state index in [2.05, 4.69) is 15.6 Å². The van der Waals surface area contributed by atoms with Gasteiger partial charge >= 0.3 is 6.03 Å². The summed E-state index contributed by atoms with van der Waals surface area (Å²) >= 11 is 0. The molecule has 1 aliphatic rings. The second-order valence-electron chi connectivity index (χ2n) is 7.51. The van der Waals surface area contributed by atoms with Gasteiger partial charge in [-0.2, -0.15) is 0 Å². The van der Waals surface area contributed by atoms with Crippen LogP contribution in [0.1, 0.15) is 31.9 Å². The number of carbonyl (C=O) groups is 2. The van der Waals surface area contributed by atoms with Crippen molar-refractivity contribution in [1.29, 1.82) is 0 Å². The van der Waals surface area contributed by atoms with E-state index in [0.717, 1.165) is 16.8 Å². The molecule has 0 saturated heterocycles. The van der Waals surface area contributed by atoms with Crippen LogP contribution < -0.4 is 15.5 Å². The third kappa shape index (κ3) is 4.16. The van der Waals surface area contributed by atoms with Gasteiger partial charge < -0.3 is 15.5 Å². The Morgan fingerprint density at radius 1 is 1.04 bits per heavy atom. The molecule has 2 N–H and O–H groups in total. The van der Waals surface area contributed by atoms with Crippen LogP contribution in [-0.4, -0.2) is 36.4 Å². The van der Waals surface area contributed by atoms with Crippen LogP contribution in [0.3, 0.4) is 0 Å². The highest BCUT2D eigenvalue weighted by Crippen LogP contribution is 2.27. The number of fused-ring (bicyclic) bond motifs is 1. The average Bonchev–Trinajstić information content (AvgIpc) is 2.72. The Morgan fingerprint density at radius 3 is 2.33 bits per heavy atom. The molecule has 0 radical (unpaired) electrons. The van der Waals surface area contributed by atoms with Crippen LogP contribution in [0.2, 0.25) is 0 Å². The number of urea groups is 1. The lowest BCUT2D eigenvalue weighted by molar-refractivity contribution is -0.119. The minimum atomic E-state index is -1.01. The summed E-state index contributed by atoms with van der Waals surface area (Å²) in [7, 11) is 1.70. The molecule has 2 aromatic carbocycles. The number of amides is 3. The topological polar surface area (TPSA) is 73.8 Å². The molecule has 6 heteroatoms. The predicted octanol–water partition coefficient (Wildman–Crippen LogP) is 2.92. The zero-order chi connectivity index (χ0) is 19.6. The highest BCUT2D eigenvalue weighted by molar-refractivity contribution is 6.20. The highest BCUT2D eigenvalue weighted by atomic mass is 16.2. The molecule has 0 aromatic heterocycles. The van der Waals surface area contributed by atoms with Crippen molar-refractivity contribution >= 4 is 23.3 Å². The van der Waals surface area contributed by atoms with Gasteiger partial charge in [-0.05, 0) is 26.8 Å². The monoisotopic (exact) mass is 364 g/mol. The first-order chi connectivity index (χ1) is 12.8. The molecule has 0 spiro atoms. The molecule has 1 atom stereocenters. The molecule has 1 heterocycles. The summed E-state index contributed by atoms with van der Waals surface area (Å²) in [6.45, 7) is 5.63. The normalized spacial score (nSPS) is 16.9. The van der Waals surface area contributed by atoms with Crippen LogP contribution in [0.25, 0.3) is 0 Å². The number of hydrogen-bond donors (Lipinski definition) is 2. The number of para-hydroxylation sites is 1. The maximum atomic E-state index is 13.0. The molecule has 27 heavy (non-hydrogen) atoms. The van der Waals surface area contributed by atoms with E-state index >= 15 is 0 Å². The zero-order valence-electron chi connectivity index (χ0n) is 16.0. The van der Waals surface area contributed by atoms with E-state index in [-0.39, 0.29) is 5.91 Å². The summed E-state index contributed by atoms with van der Waals surface area (Å²) in [6.07, 6.45) is -1.01. The molecule has 1 aliphatic heterocycles. The maximum Gasteiger partial charge on any atom is 0.317 e. The van der Waals surface area contributed by atoms with Crippen molar-refractivity contribution in [2.24, 2.45) is 4.99 Å². The summed E-state index contributed by atoms with van der Waals surface area (Å²) in [6, 6.07) is 16.8. The Morgan fingerprint density at radius 2 is 1.67 bits per heavy atom. The van der Waals surface area contributed by atoms with Gasteiger partial charge in [0.25, 0.3) is 5.91 Å². The van der Waals surface area contributed by atoms with Crippen LogP contribution >= 0.6 is 0 Å². The molecule has 6 nitrogen and oxygen atoms in total. The van der Waals surface area contributed by atoms with Gasteiger partial charge in [-0.15, -0.1) is 0 Å². The van der Waals surface area contributed by atoms with Gasteiger partial charge in [-0.1, -0.05) is 48.5 Å². The molecular weight excluding hydrogens is 340 g/mol. The van der Waals surface area contributed by atoms with Crippen molar-refractivity contribution in [3.05, 3.63) is 65.7 Å². The molecule has 0 aliphatic carbocycles. The molecule has 3 rings (SSSR count). The fourth-order valence-corrected chi connectivity index (χ4v) is 2.94. The third-order valence-corrected chi connectivity index (χ3v) is 4.15. The number of rotatable bonds is 2. The van der Waals surface area contributed by atoms with Gasteiger partial charge in [0.1, 0.15) is 0 Å². The Hall–Kier alpha value is -3.15. The van der Waals surface area contributed by atoms with Crippen LogP contribution in [0, 0.1) is 0 Å². The Balaban J connectivity index is 2.05. The van der Waals surface area contributed by atoms with E-state index in [1.165, 1.54) is 4.90 Å². The fraction of sp³-hybridized carbons (Fsp3) is 0.286. The highest BCUT2D eigenvalue weighted by Gasteiger charge is 2.31. The minimum Gasteiger partial charge on any atom is -0.334 e. The number of nitrogens with zero attached hydrogens (tertiary/aromatic N) is 2. The van der Waals surface area contributed by atoms with Gasteiger partial charge in [-0.3, -0.25) is 4.79 Å². The number of anilines is 1. The van der Waals surface area contributed by atoms with Gasteiger partial charge in [0.05, 0.1) is 11.4 Å². The summed E-state index contributed by atoms with van der Waals surface area (Å²) < 4.78 is 0. The van der Waals surface area contributed by atoms with Gasteiger partial charge in [-0.25, -0.2) is 9.79 Å². The summed E-state index contributed by atoms with van der Waals surface area (Å²) in [4.78, 5) is 31.5. The third-order valence-electron chi connectivity index (χ3n) is 4.15. The van der Waals surface area contributed by atoms with Crippen molar-refractivity contribution in [2.75, 3.05) is 11.9 Å². The lowest BCUT2D eigenvalue weighted by Gasteiger charge is -2.24. The Labute approximate surface area is 159 Å². The van der Waals surface area contributed by atoms with Gasteiger partial charge in [0, 0.05) is 23.7 Å². The smallest absolute Gasteiger partial charge is 0.317 e. The molecule has 0 unspecified atom stereocenters. The van der Waals surface area contributed by atoms with Crippen LogP contribution in [-0.2, 0) is 4.79 Å². The van der Waals surface area contributed by atoms with E-state index in [1.54, 1.807) is 7.05 Å². The quantitative estimate of drug-likeness (QED) is 0.860. The number of likely N-dealkylation sites (N-methyl/N-ethyl adjacent to an activating group) is 1. The van der Waals surface area contributed by atoms with Gasteiger partial charge in [0.2, 0.25) is 6.17 Å². The first-order valence-corrected chi connectivity index (χ1v) is 8.85. The molecule has 140 valence electrons. The average molecular weight is 364 g/mol. The largest absolute Gasteiger partial charge is 0.334 e. The number of nitrogens with one attached hydrogen (secondary N) is 2. The van der Waals surface area contributed by atoms with E-state index < -0.39 is 17.7 Å². The first kappa shape index (κ1) is 18.6. The van der Waals surface area contributed by atoms with Crippen molar-refractivity contribution in [3.8, 4) is 0 Å². The number of benzene rings is 2. The van der Waals surface area contributed by atoms with Crippen LogP contribution in [0.4, 0.5) is 10.5 Å². The van der Waals surface area contributed by atoms with E-state index in [4.69, 9.17) is 0 Å². The second kappa shape index (κ2) is 7.23. The number of hydrogen-bond acceptors (Lipinski definition) is 3. The van der Waals surface area contributed by atoms with Crippen LogP contribution in [0.15, 0.2) is 59.6 Å². The number of aliphatic imine (C=N–C) groups is 1. The zero-order valence-corrected chi connectivity index (χ0v) is 16.0. The first-order valence-electron chi connectivity index (χ1n) is 8.85. The maximum absolute atomic E-state index is 13.0. The van der Waals surface area contributed by atoms with E-state index in [9.17, 15) is 9.59 Å². The predicted molar refractivity (Wildman–Crippen MR) is 107 cm³/mol. The van der Waals surface area contributed by atoms with Gasteiger partial charge in [0.15, 0.2) is 0 Å². The van der Waals surface area contributed by atoms with E-state index in [0.29, 0.717) is 5.71 Å². The summed E-state index contributed by atoms with van der Waals surface area (Å²) in [5.41, 5.74) is 2.74. The van der Waals surface area contributed by atoms with Crippen molar-refractivity contribution in [3.63, 3.8) is 0 Å². The minimum absolute atomic E-state index is 0.294. The number of carbonyl (C=O) groups excluding carboxylic acids is 2. The molecule has 3 amide bonds. The Bertz CT molecular complexity index is 885. The van der Waals surface area contributed by atoms with Crippen molar-refractivity contribution < 1.29 is 9.59 Å². The second-order valence-corrected chi connectivity index (χ2v) is 7.51. The SMILES string of the molecule is CN1C(=O)[C@H](NC(=O)NC(C)(C)C)N=C(c2ccccc2)c2ccccc21. The molecular formula is C21H24N4O2. The van der Waals surface area contributed by atoms with Crippen LogP contribution in [0.5, 0.6) is 0 Å². The number of benzodiazepines with no additional fused rings is 1. The van der Waals surface area contributed by atoms with Crippen molar-refractivity contribution in [1.82, 2.24) is 10.6 Å².